The maximum absolute atomic E-state index is 12.8. The van der Waals surface area contributed by atoms with Crippen LogP contribution >= 0.6 is 0 Å². The molecule has 7 heteroatoms. The van der Waals surface area contributed by atoms with Gasteiger partial charge in [-0.25, -0.2) is 4.79 Å². The van der Waals surface area contributed by atoms with Gasteiger partial charge in [0.05, 0.1) is 5.52 Å². The van der Waals surface area contributed by atoms with Gasteiger partial charge in [-0.3, -0.25) is 9.36 Å². The number of nitrogens with zero attached hydrogens (tertiary/aromatic N) is 1. The summed E-state index contributed by atoms with van der Waals surface area (Å²) in [6.45, 7) is 1.11. The Labute approximate surface area is 167 Å². The Hall–Kier alpha value is -3.22. The Bertz CT molecular complexity index is 1140. The van der Waals surface area contributed by atoms with Gasteiger partial charge in [0.1, 0.15) is 13.2 Å². The second-order valence-corrected chi connectivity index (χ2v) is 7.71. The van der Waals surface area contributed by atoms with Crippen molar-refractivity contribution in [2.45, 2.75) is 25.2 Å². The van der Waals surface area contributed by atoms with E-state index >= 15 is 0 Å². The molecule has 29 heavy (non-hydrogen) atoms. The van der Waals surface area contributed by atoms with Gasteiger partial charge in [-0.1, -0.05) is 6.07 Å². The molecular formula is C22H22N2O5. The van der Waals surface area contributed by atoms with Gasteiger partial charge < -0.3 is 19.2 Å². The van der Waals surface area contributed by atoms with E-state index in [1.807, 2.05) is 18.2 Å². The quantitative estimate of drug-likeness (QED) is 0.717. The third-order valence-electron chi connectivity index (χ3n) is 5.67. The van der Waals surface area contributed by atoms with E-state index in [1.165, 1.54) is 4.57 Å². The van der Waals surface area contributed by atoms with Crippen LogP contribution in [-0.4, -0.2) is 23.7 Å². The van der Waals surface area contributed by atoms with Gasteiger partial charge in [0.15, 0.2) is 17.1 Å². The molecule has 2 aliphatic rings. The van der Waals surface area contributed by atoms with Crippen LogP contribution in [0.4, 0.5) is 5.69 Å². The SMILES string of the molecule is Cn1c(=O)oc2ccc(NC(=O)CC(c3ccc4c(c3)OCCO4)C3CC3)cc21. The van der Waals surface area contributed by atoms with Gasteiger partial charge >= 0.3 is 5.76 Å². The number of oxazole rings is 1. The molecule has 0 bridgehead atoms. The highest BCUT2D eigenvalue weighted by atomic mass is 16.6. The molecule has 1 aromatic heterocycles. The van der Waals surface area contributed by atoms with Gasteiger partial charge in [-0.05, 0) is 60.6 Å². The summed E-state index contributed by atoms with van der Waals surface area (Å²) in [6, 6.07) is 11.2. The van der Waals surface area contributed by atoms with Crippen molar-refractivity contribution in [3.8, 4) is 11.5 Å². The Morgan fingerprint density at radius 3 is 2.72 bits per heavy atom. The van der Waals surface area contributed by atoms with Gasteiger partial charge in [0.2, 0.25) is 5.91 Å². The summed E-state index contributed by atoms with van der Waals surface area (Å²) in [5.74, 6) is 1.71. The van der Waals surface area contributed by atoms with E-state index in [0.717, 1.165) is 29.9 Å². The molecule has 2 heterocycles. The number of fused-ring (bicyclic) bond motifs is 2. The monoisotopic (exact) mass is 394 g/mol. The first-order valence-corrected chi connectivity index (χ1v) is 9.87. The van der Waals surface area contributed by atoms with Crippen LogP contribution in [-0.2, 0) is 11.8 Å². The average Bonchev–Trinajstić information content (AvgIpc) is 3.53. The Morgan fingerprint density at radius 2 is 1.93 bits per heavy atom. The Morgan fingerprint density at radius 1 is 1.14 bits per heavy atom. The number of aryl methyl sites for hydroxylation is 1. The molecule has 1 N–H and O–H groups in total. The van der Waals surface area contributed by atoms with Crippen LogP contribution in [0.5, 0.6) is 11.5 Å². The van der Waals surface area contributed by atoms with Crippen molar-refractivity contribution in [1.82, 2.24) is 4.57 Å². The minimum atomic E-state index is -0.420. The summed E-state index contributed by atoms with van der Waals surface area (Å²) in [7, 11) is 1.64. The molecule has 1 aliphatic carbocycles. The topological polar surface area (TPSA) is 82.7 Å². The van der Waals surface area contributed by atoms with Crippen molar-refractivity contribution in [2.24, 2.45) is 13.0 Å². The lowest BCUT2D eigenvalue weighted by molar-refractivity contribution is -0.116. The van der Waals surface area contributed by atoms with E-state index in [1.54, 1.807) is 25.2 Å². The minimum Gasteiger partial charge on any atom is -0.486 e. The van der Waals surface area contributed by atoms with E-state index in [9.17, 15) is 9.59 Å². The number of benzene rings is 2. The maximum Gasteiger partial charge on any atom is 0.419 e. The standard InChI is InChI=1S/C22H22N2O5/c1-24-17-11-15(5-7-18(17)29-22(24)26)23-21(25)12-16(13-2-3-13)14-4-6-19-20(10-14)28-9-8-27-19/h4-7,10-11,13,16H,2-3,8-9,12H2,1H3,(H,23,25). The van der Waals surface area contributed by atoms with Crippen molar-refractivity contribution in [3.05, 3.63) is 52.5 Å². The van der Waals surface area contributed by atoms with E-state index in [0.29, 0.717) is 42.3 Å². The summed E-state index contributed by atoms with van der Waals surface area (Å²) < 4.78 is 17.9. The zero-order valence-corrected chi connectivity index (χ0v) is 16.1. The molecule has 2 aromatic carbocycles. The molecule has 3 aromatic rings. The Balaban J connectivity index is 1.34. The van der Waals surface area contributed by atoms with Crippen molar-refractivity contribution in [2.75, 3.05) is 18.5 Å². The smallest absolute Gasteiger partial charge is 0.419 e. The van der Waals surface area contributed by atoms with Crippen LogP contribution in [0.1, 0.15) is 30.7 Å². The molecule has 0 spiro atoms. The molecule has 1 atom stereocenters. The second-order valence-electron chi connectivity index (χ2n) is 7.71. The van der Waals surface area contributed by atoms with Gasteiger partial charge in [-0.15, -0.1) is 0 Å². The molecular weight excluding hydrogens is 372 g/mol. The number of ether oxygens (including phenoxy) is 2. The fourth-order valence-electron chi connectivity index (χ4n) is 3.96. The van der Waals surface area contributed by atoms with Gasteiger partial charge in [-0.2, -0.15) is 0 Å². The number of amides is 1. The van der Waals surface area contributed by atoms with Crippen LogP contribution in [0.3, 0.4) is 0 Å². The highest BCUT2D eigenvalue weighted by molar-refractivity contribution is 5.93. The number of rotatable bonds is 5. The number of hydrogen-bond acceptors (Lipinski definition) is 5. The number of anilines is 1. The van der Waals surface area contributed by atoms with E-state index in [-0.39, 0.29) is 11.8 Å². The lowest BCUT2D eigenvalue weighted by Gasteiger charge is -2.22. The summed E-state index contributed by atoms with van der Waals surface area (Å²) in [6.07, 6.45) is 2.66. The number of carbonyl (C=O) groups excluding carboxylic acids is 1. The molecule has 1 saturated carbocycles. The molecule has 7 nitrogen and oxygen atoms in total. The lowest BCUT2D eigenvalue weighted by atomic mass is 9.90. The molecule has 150 valence electrons. The third kappa shape index (κ3) is 3.48. The fraction of sp³-hybridized carbons (Fsp3) is 0.364. The molecule has 0 saturated heterocycles. The van der Waals surface area contributed by atoms with E-state index in [4.69, 9.17) is 13.9 Å². The highest BCUT2D eigenvalue weighted by Gasteiger charge is 2.34. The number of hydrogen-bond donors (Lipinski definition) is 1. The normalized spacial score (nSPS) is 16.6. The van der Waals surface area contributed by atoms with Crippen LogP contribution in [0.2, 0.25) is 0 Å². The predicted molar refractivity (Wildman–Crippen MR) is 108 cm³/mol. The number of carbonyl (C=O) groups is 1. The lowest BCUT2D eigenvalue weighted by Crippen LogP contribution is -2.18. The third-order valence-corrected chi connectivity index (χ3v) is 5.67. The largest absolute Gasteiger partial charge is 0.486 e. The molecule has 1 unspecified atom stereocenters. The highest BCUT2D eigenvalue weighted by Crippen LogP contribution is 2.46. The van der Waals surface area contributed by atoms with Crippen LogP contribution in [0.25, 0.3) is 11.1 Å². The van der Waals surface area contributed by atoms with Crippen molar-refractivity contribution < 1.29 is 18.7 Å². The number of nitrogens with one attached hydrogen (secondary N) is 1. The first-order valence-electron chi connectivity index (χ1n) is 9.87. The minimum absolute atomic E-state index is 0.0513. The zero-order valence-electron chi connectivity index (χ0n) is 16.1. The van der Waals surface area contributed by atoms with Gasteiger partial charge in [0.25, 0.3) is 0 Å². The molecule has 1 aliphatic heterocycles. The van der Waals surface area contributed by atoms with Crippen molar-refractivity contribution in [3.63, 3.8) is 0 Å². The zero-order chi connectivity index (χ0) is 20.0. The summed E-state index contributed by atoms with van der Waals surface area (Å²) in [5.41, 5.74) is 2.91. The van der Waals surface area contributed by atoms with Crippen LogP contribution in [0.15, 0.2) is 45.6 Å². The summed E-state index contributed by atoms with van der Waals surface area (Å²) in [4.78, 5) is 24.4. The number of aromatic nitrogens is 1. The van der Waals surface area contributed by atoms with Crippen molar-refractivity contribution in [1.29, 1.82) is 0 Å². The fourth-order valence-corrected chi connectivity index (χ4v) is 3.96. The van der Waals surface area contributed by atoms with E-state index in [2.05, 4.69) is 5.32 Å². The molecule has 5 rings (SSSR count). The van der Waals surface area contributed by atoms with Gasteiger partial charge in [0, 0.05) is 19.2 Å². The first kappa shape index (κ1) is 17.8. The summed E-state index contributed by atoms with van der Waals surface area (Å²) >= 11 is 0. The van der Waals surface area contributed by atoms with E-state index < -0.39 is 5.76 Å². The van der Waals surface area contributed by atoms with Crippen LogP contribution in [0, 0.1) is 5.92 Å². The predicted octanol–water partition coefficient (Wildman–Crippen LogP) is 3.43. The Kier molecular flexibility index (Phi) is 4.30. The first-order chi connectivity index (χ1) is 14.1. The molecule has 1 amide bonds. The average molecular weight is 394 g/mol. The van der Waals surface area contributed by atoms with Crippen molar-refractivity contribution >= 4 is 22.7 Å². The molecule has 0 radical (unpaired) electrons. The maximum atomic E-state index is 12.8. The second kappa shape index (κ2) is 6.99. The summed E-state index contributed by atoms with van der Waals surface area (Å²) in [5, 5.41) is 2.96. The molecule has 1 fully saturated rings. The van der Waals surface area contributed by atoms with Crippen LogP contribution < -0.4 is 20.5 Å².